The van der Waals surface area contributed by atoms with Gasteiger partial charge in [0, 0.05) is 11.6 Å². The number of aromatic nitrogens is 1. The number of aliphatic hydroxyl groups is 1. The number of fused-ring (bicyclic) bond motifs is 1. The number of aliphatic hydroxyl groups excluding tert-OH is 1. The van der Waals surface area contributed by atoms with Gasteiger partial charge >= 0.3 is 0 Å². The number of rotatable bonds is 12. The molecule has 0 bridgehead atoms. The summed E-state index contributed by atoms with van der Waals surface area (Å²) >= 11 is 1.77. The maximum absolute atomic E-state index is 9.49. The third-order valence-corrected chi connectivity index (χ3v) is 14.8. The van der Waals surface area contributed by atoms with Crippen LogP contribution in [0.4, 0.5) is 0 Å². The fourth-order valence-electron chi connectivity index (χ4n) is 7.13. The minimum Gasteiger partial charge on any atom is -0.407 e. The molecule has 1 aromatic heterocycles. The van der Waals surface area contributed by atoms with Crippen molar-refractivity contribution in [2.75, 3.05) is 6.61 Å². The zero-order valence-corrected chi connectivity index (χ0v) is 23.1. The third kappa shape index (κ3) is 5.59. The van der Waals surface area contributed by atoms with Gasteiger partial charge in [0.1, 0.15) is 5.01 Å². The van der Waals surface area contributed by atoms with Gasteiger partial charge in [0.2, 0.25) is 0 Å². The highest BCUT2D eigenvalue weighted by molar-refractivity contribution is 7.09. The first-order valence-electron chi connectivity index (χ1n) is 13.3. The van der Waals surface area contributed by atoms with Gasteiger partial charge in [-0.1, -0.05) is 59.1 Å². The fraction of sp³-hybridized carbons (Fsp3) is 0.815. The zero-order chi connectivity index (χ0) is 23.2. The molecule has 2 fully saturated rings. The Hall–Kier alpha value is -0.493. The molecule has 0 amide bonds. The summed E-state index contributed by atoms with van der Waals surface area (Å²) in [4.78, 5) is 4.66. The minimum atomic E-state index is -1.65. The van der Waals surface area contributed by atoms with E-state index in [4.69, 9.17) is 4.43 Å². The molecule has 1 aromatic rings. The molecular weight excluding hydrogens is 430 g/mol. The molecule has 0 aromatic carbocycles. The molecular formula is C27H47NO2SSi. The number of nitrogens with zero attached hydrogens (tertiary/aromatic N) is 1. The van der Waals surface area contributed by atoms with E-state index in [0.717, 1.165) is 18.3 Å². The molecule has 1 N–H and O–H groups in total. The first kappa shape index (κ1) is 26.1. The van der Waals surface area contributed by atoms with Gasteiger partial charge in [-0.25, -0.2) is 4.98 Å². The molecule has 0 radical (unpaired) electrons. The molecule has 0 saturated heterocycles. The summed E-state index contributed by atoms with van der Waals surface area (Å²) in [5, 5.41) is 12.8. The number of thiazole rings is 1. The van der Waals surface area contributed by atoms with Crippen molar-refractivity contribution in [3.05, 3.63) is 28.2 Å². The molecule has 2 unspecified atom stereocenters. The predicted octanol–water partition coefficient (Wildman–Crippen LogP) is 8.15. The van der Waals surface area contributed by atoms with Crippen molar-refractivity contribution in [1.29, 1.82) is 0 Å². The summed E-state index contributed by atoms with van der Waals surface area (Å²) in [7, 11) is -1.65. The lowest BCUT2D eigenvalue weighted by Gasteiger charge is -2.44. The summed E-state index contributed by atoms with van der Waals surface area (Å²) in [5.74, 6) is 2.26. The van der Waals surface area contributed by atoms with E-state index in [9.17, 15) is 5.11 Å². The molecule has 2 aliphatic carbocycles. The van der Waals surface area contributed by atoms with Crippen LogP contribution in [0.1, 0.15) is 97.1 Å². The lowest BCUT2D eigenvalue weighted by molar-refractivity contribution is 0.0900. The van der Waals surface area contributed by atoms with Crippen molar-refractivity contribution >= 4 is 19.7 Å². The Bertz CT molecular complexity index is 709. The topological polar surface area (TPSA) is 42.4 Å². The van der Waals surface area contributed by atoms with Crippen LogP contribution in [0.5, 0.6) is 0 Å². The van der Waals surface area contributed by atoms with E-state index in [1.807, 2.05) is 6.20 Å². The highest BCUT2D eigenvalue weighted by Gasteiger charge is 2.50. The zero-order valence-electron chi connectivity index (χ0n) is 21.2. The average Bonchev–Trinajstić information content (AvgIpc) is 3.45. The van der Waals surface area contributed by atoms with Crippen molar-refractivity contribution in [2.24, 2.45) is 23.2 Å². The summed E-state index contributed by atoms with van der Waals surface area (Å²) in [6, 6.07) is 3.59. The second kappa shape index (κ2) is 11.8. The van der Waals surface area contributed by atoms with Crippen LogP contribution in [0.25, 0.3) is 0 Å². The predicted molar refractivity (Wildman–Crippen MR) is 139 cm³/mol. The summed E-state index contributed by atoms with van der Waals surface area (Å²) in [5.41, 5.74) is 1.98. The minimum absolute atomic E-state index is 0.189. The van der Waals surface area contributed by atoms with Gasteiger partial charge in [-0.3, -0.25) is 0 Å². The van der Waals surface area contributed by atoms with Gasteiger partial charge in [-0.15, -0.1) is 11.3 Å². The number of hydrogen-bond donors (Lipinski definition) is 1. The first-order valence-corrected chi connectivity index (χ1v) is 16.7. The third-order valence-electron chi connectivity index (χ3n) is 9.26. The Kier molecular flexibility index (Phi) is 9.61. The second-order valence-electron chi connectivity index (χ2n) is 10.7. The van der Waals surface area contributed by atoms with E-state index in [-0.39, 0.29) is 12.7 Å². The van der Waals surface area contributed by atoms with Crippen LogP contribution in [0, 0.1) is 23.2 Å². The molecule has 1 heterocycles. The molecule has 32 heavy (non-hydrogen) atoms. The highest BCUT2D eigenvalue weighted by Crippen LogP contribution is 2.59. The van der Waals surface area contributed by atoms with Crippen molar-refractivity contribution in [3.63, 3.8) is 0 Å². The van der Waals surface area contributed by atoms with Gasteiger partial charge in [-0.2, -0.15) is 0 Å². The van der Waals surface area contributed by atoms with Gasteiger partial charge < -0.3 is 9.53 Å². The standard InChI is InChI=1S/C27H47NO2SSi/c1-6-32(7-2,8-3)30-25(26-28-18-20-31-26)13-9-11-21(4)23-14-15-24-22(16-19-29)12-10-17-27(23,24)5/h16,18,20-21,23-25,29H,6-15,17,19H2,1-5H3/t21?,23-,24-,25?,27+/m1/s1. The smallest absolute Gasteiger partial charge is 0.193 e. The first-order chi connectivity index (χ1) is 15.4. The van der Waals surface area contributed by atoms with Crippen LogP contribution in [0.15, 0.2) is 23.2 Å². The highest BCUT2D eigenvalue weighted by atomic mass is 32.1. The maximum Gasteiger partial charge on any atom is 0.193 e. The normalized spacial score (nSPS) is 29.2. The van der Waals surface area contributed by atoms with Gasteiger partial charge in [0.05, 0.1) is 12.7 Å². The maximum atomic E-state index is 9.49. The fourth-order valence-corrected chi connectivity index (χ4v) is 10.7. The molecule has 182 valence electrons. The van der Waals surface area contributed by atoms with E-state index >= 15 is 0 Å². The van der Waals surface area contributed by atoms with E-state index in [2.05, 4.69) is 51.1 Å². The molecule has 3 rings (SSSR count). The van der Waals surface area contributed by atoms with Gasteiger partial charge in [-0.05, 0) is 79.8 Å². The summed E-state index contributed by atoms with van der Waals surface area (Å²) in [6.07, 6.45) is 14.4. The average molecular weight is 478 g/mol. The van der Waals surface area contributed by atoms with Crippen LogP contribution in [-0.2, 0) is 4.43 Å². The van der Waals surface area contributed by atoms with E-state index in [1.54, 1.807) is 16.9 Å². The van der Waals surface area contributed by atoms with Crippen LogP contribution < -0.4 is 0 Å². The Morgan fingerprint density at radius 3 is 2.62 bits per heavy atom. The summed E-state index contributed by atoms with van der Waals surface area (Å²) in [6.45, 7) is 12.2. The van der Waals surface area contributed by atoms with Crippen LogP contribution in [0.2, 0.25) is 18.1 Å². The molecule has 3 nitrogen and oxygen atoms in total. The molecule has 2 aliphatic rings. The van der Waals surface area contributed by atoms with E-state index in [0.29, 0.717) is 11.3 Å². The Labute approximate surface area is 202 Å². The van der Waals surface area contributed by atoms with Crippen LogP contribution >= 0.6 is 11.3 Å². The Morgan fingerprint density at radius 2 is 2.00 bits per heavy atom. The van der Waals surface area contributed by atoms with Gasteiger partial charge in [0.25, 0.3) is 0 Å². The molecule has 0 aliphatic heterocycles. The largest absolute Gasteiger partial charge is 0.407 e. The van der Waals surface area contributed by atoms with Crippen LogP contribution in [0.3, 0.4) is 0 Å². The van der Waals surface area contributed by atoms with Gasteiger partial charge in [0.15, 0.2) is 8.32 Å². The number of allylic oxidation sites excluding steroid dienone is 1. The Balaban J connectivity index is 1.62. The lowest BCUT2D eigenvalue weighted by atomic mass is 9.61. The number of hydrogen-bond acceptors (Lipinski definition) is 4. The second-order valence-corrected chi connectivity index (χ2v) is 16.3. The molecule has 5 atom stereocenters. The van der Waals surface area contributed by atoms with Crippen molar-refractivity contribution in [2.45, 2.75) is 110 Å². The van der Waals surface area contributed by atoms with Crippen molar-refractivity contribution < 1.29 is 9.53 Å². The molecule has 0 spiro atoms. The monoisotopic (exact) mass is 477 g/mol. The summed E-state index contributed by atoms with van der Waals surface area (Å²) < 4.78 is 6.94. The van der Waals surface area contributed by atoms with E-state index < -0.39 is 8.32 Å². The van der Waals surface area contributed by atoms with Crippen molar-refractivity contribution in [3.8, 4) is 0 Å². The van der Waals surface area contributed by atoms with Crippen LogP contribution in [-0.4, -0.2) is 25.0 Å². The quantitative estimate of drug-likeness (QED) is 0.244. The lowest BCUT2D eigenvalue weighted by Crippen LogP contribution is -2.37. The molecule has 5 heteroatoms. The SMILES string of the molecule is CC[Si](CC)(CC)OC(CCCC(C)[C@H]1CC[C@@H]2C(=CCO)CCC[C@]21C)c1nccs1. The molecule has 2 saturated carbocycles. The Morgan fingerprint density at radius 1 is 1.25 bits per heavy atom. The van der Waals surface area contributed by atoms with E-state index in [1.165, 1.54) is 68.1 Å². The van der Waals surface area contributed by atoms with Crippen molar-refractivity contribution in [1.82, 2.24) is 4.98 Å².